The number of hydrogen-bond acceptors (Lipinski definition) is 3. The third-order valence-electron chi connectivity index (χ3n) is 5.00. The van der Waals surface area contributed by atoms with Crippen LogP contribution >= 0.6 is 0 Å². The van der Waals surface area contributed by atoms with Crippen LogP contribution < -0.4 is 10.6 Å². The maximum atomic E-state index is 12.2. The molecule has 3 unspecified atom stereocenters. The normalized spacial score (nSPS) is 23.9. The van der Waals surface area contributed by atoms with Crippen molar-refractivity contribution in [2.24, 2.45) is 5.92 Å². The van der Waals surface area contributed by atoms with Gasteiger partial charge in [-0.25, -0.2) is 9.78 Å². The van der Waals surface area contributed by atoms with E-state index in [0.717, 1.165) is 12.8 Å². The molecule has 1 aromatic carbocycles. The number of aromatic nitrogens is 1. The van der Waals surface area contributed by atoms with Crippen LogP contribution in [0.3, 0.4) is 0 Å². The third-order valence-corrected chi connectivity index (χ3v) is 5.00. The molecule has 0 radical (unpaired) electrons. The van der Waals surface area contributed by atoms with Gasteiger partial charge in [0.15, 0.2) is 0 Å². The Morgan fingerprint density at radius 2 is 2.12 bits per heavy atom. The van der Waals surface area contributed by atoms with Crippen LogP contribution in [-0.4, -0.2) is 17.1 Å². The maximum absolute atomic E-state index is 12.2. The van der Waals surface area contributed by atoms with Crippen LogP contribution in [-0.2, 0) is 6.42 Å². The number of amides is 2. The van der Waals surface area contributed by atoms with Gasteiger partial charge in [-0.2, -0.15) is 5.26 Å². The first-order valence-corrected chi connectivity index (χ1v) is 8.28. The van der Waals surface area contributed by atoms with E-state index in [0.29, 0.717) is 23.2 Å². The van der Waals surface area contributed by atoms with Gasteiger partial charge in [0.05, 0.1) is 5.56 Å². The molecule has 2 aromatic rings. The van der Waals surface area contributed by atoms with Crippen LogP contribution in [0, 0.1) is 17.2 Å². The molecule has 0 spiro atoms. The fourth-order valence-corrected chi connectivity index (χ4v) is 3.81. The van der Waals surface area contributed by atoms with Crippen molar-refractivity contribution < 1.29 is 4.79 Å². The van der Waals surface area contributed by atoms with Gasteiger partial charge in [0, 0.05) is 18.2 Å². The molecule has 120 valence electrons. The predicted molar refractivity (Wildman–Crippen MR) is 90.5 cm³/mol. The predicted octanol–water partition coefficient (Wildman–Crippen LogP) is 3.19. The van der Waals surface area contributed by atoms with Crippen molar-refractivity contribution in [3.05, 3.63) is 59.3 Å². The average Bonchev–Trinajstić information content (AvgIpc) is 3.31. The van der Waals surface area contributed by atoms with Gasteiger partial charge in [-0.05, 0) is 48.4 Å². The standard InChI is InChI=1S/C19H18N4O/c20-10-12-8-9-16(21-11-12)22-19(24)23-18-15-7-3-5-13-4-1-2-6-14(13)17(15)18/h1-2,4,6,8-9,11,15,17-18H,3,5,7H2,(H2,21,22,23,24). The van der Waals surface area contributed by atoms with Gasteiger partial charge in [0.25, 0.3) is 0 Å². The number of rotatable bonds is 2. The number of nitrogens with zero attached hydrogens (tertiary/aromatic N) is 2. The summed E-state index contributed by atoms with van der Waals surface area (Å²) >= 11 is 0. The zero-order valence-corrected chi connectivity index (χ0v) is 13.2. The molecule has 1 saturated carbocycles. The summed E-state index contributed by atoms with van der Waals surface area (Å²) in [7, 11) is 0. The highest BCUT2D eigenvalue weighted by Crippen LogP contribution is 2.53. The summed E-state index contributed by atoms with van der Waals surface area (Å²) in [5, 5.41) is 14.6. The topological polar surface area (TPSA) is 77.8 Å². The fourth-order valence-electron chi connectivity index (χ4n) is 3.81. The van der Waals surface area contributed by atoms with E-state index in [1.165, 1.54) is 23.7 Å². The van der Waals surface area contributed by atoms with E-state index in [2.05, 4.69) is 39.9 Å². The van der Waals surface area contributed by atoms with Crippen LogP contribution in [0.2, 0.25) is 0 Å². The van der Waals surface area contributed by atoms with E-state index in [1.54, 1.807) is 12.1 Å². The minimum absolute atomic E-state index is 0.199. The van der Waals surface area contributed by atoms with Crippen molar-refractivity contribution >= 4 is 11.8 Å². The molecule has 2 N–H and O–H groups in total. The highest BCUT2D eigenvalue weighted by Gasteiger charge is 2.52. The summed E-state index contributed by atoms with van der Waals surface area (Å²) < 4.78 is 0. The molecule has 3 atom stereocenters. The number of pyridine rings is 1. The van der Waals surface area contributed by atoms with Gasteiger partial charge in [-0.1, -0.05) is 24.3 Å². The van der Waals surface area contributed by atoms with Crippen molar-refractivity contribution in [2.75, 3.05) is 5.32 Å². The number of anilines is 1. The Morgan fingerprint density at radius 3 is 2.92 bits per heavy atom. The number of fused-ring (bicyclic) bond motifs is 3. The lowest BCUT2D eigenvalue weighted by Crippen LogP contribution is -2.32. The largest absolute Gasteiger partial charge is 0.334 e. The number of nitriles is 1. The van der Waals surface area contributed by atoms with Crippen LogP contribution in [0.4, 0.5) is 10.6 Å². The van der Waals surface area contributed by atoms with E-state index in [1.807, 2.05) is 6.07 Å². The molecular formula is C19H18N4O. The van der Waals surface area contributed by atoms with Crippen LogP contribution in [0.15, 0.2) is 42.6 Å². The summed E-state index contributed by atoms with van der Waals surface area (Å²) in [6.45, 7) is 0. The van der Waals surface area contributed by atoms with Crippen LogP contribution in [0.5, 0.6) is 0 Å². The van der Waals surface area contributed by atoms with Crippen molar-refractivity contribution in [2.45, 2.75) is 31.2 Å². The zero-order valence-electron chi connectivity index (χ0n) is 13.2. The van der Waals surface area contributed by atoms with E-state index < -0.39 is 0 Å². The lowest BCUT2D eigenvalue weighted by atomic mass is 10.0. The lowest BCUT2D eigenvalue weighted by molar-refractivity contribution is 0.251. The second-order valence-electron chi connectivity index (χ2n) is 6.45. The Kier molecular flexibility index (Phi) is 3.66. The number of aryl methyl sites for hydroxylation is 1. The summed E-state index contributed by atoms with van der Waals surface area (Å²) in [4.78, 5) is 16.3. The molecule has 2 amide bonds. The molecule has 5 heteroatoms. The number of hydrogen-bond donors (Lipinski definition) is 2. The molecule has 1 heterocycles. The molecule has 2 aliphatic rings. The van der Waals surface area contributed by atoms with Crippen LogP contribution in [0.1, 0.15) is 35.4 Å². The van der Waals surface area contributed by atoms with Gasteiger partial charge in [0.1, 0.15) is 11.9 Å². The first kappa shape index (κ1) is 14.7. The minimum Gasteiger partial charge on any atom is -0.334 e. The number of carbonyl (C=O) groups is 1. The summed E-state index contributed by atoms with van der Waals surface area (Å²) in [5.74, 6) is 1.42. The van der Waals surface area contributed by atoms with Crippen molar-refractivity contribution in [3.8, 4) is 6.07 Å². The highest BCUT2D eigenvalue weighted by atomic mass is 16.2. The molecule has 0 bridgehead atoms. The Morgan fingerprint density at radius 1 is 1.25 bits per heavy atom. The van der Waals surface area contributed by atoms with Gasteiger partial charge in [-0.15, -0.1) is 0 Å². The number of urea groups is 1. The second kappa shape index (κ2) is 5.97. The Hall–Kier alpha value is -2.87. The SMILES string of the molecule is N#Cc1ccc(NC(=O)NC2C3CCCc4ccccc4C32)nc1. The number of carbonyl (C=O) groups excluding carboxylic acids is 1. The van der Waals surface area contributed by atoms with E-state index >= 15 is 0 Å². The highest BCUT2D eigenvalue weighted by molar-refractivity contribution is 5.88. The van der Waals surface area contributed by atoms with Crippen LogP contribution in [0.25, 0.3) is 0 Å². The molecule has 0 saturated heterocycles. The smallest absolute Gasteiger partial charge is 0.320 e. The summed E-state index contributed by atoms with van der Waals surface area (Å²) in [6.07, 6.45) is 4.92. The van der Waals surface area contributed by atoms with E-state index in [9.17, 15) is 4.79 Å². The zero-order chi connectivity index (χ0) is 16.5. The quantitative estimate of drug-likeness (QED) is 0.892. The first-order chi connectivity index (χ1) is 11.8. The fraction of sp³-hybridized carbons (Fsp3) is 0.316. The monoisotopic (exact) mass is 318 g/mol. The molecule has 1 aromatic heterocycles. The molecule has 4 rings (SSSR count). The van der Waals surface area contributed by atoms with Crippen molar-refractivity contribution in [1.29, 1.82) is 5.26 Å². The van der Waals surface area contributed by atoms with Crippen molar-refractivity contribution in [3.63, 3.8) is 0 Å². The van der Waals surface area contributed by atoms with E-state index in [4.69, 9.17) is 5.26 Å². The van der Waals surface area contributed by atoms with Gasteiger partial charge < -0.3 is 5.32 Å². The summed E-state index contributed by atoms with van der Waals surface area (Å²) in [5.41, 5.74) is 3.28. The summed E-state index contributed by atoms with van der Waals surface area (Å²) in [6, 6.07) is 13.8. The molecule has 5 nitrogen and oxygen atoms in total. The van der Waals surface area contributed by atoms with Gasteiger partial charge in [0.2, 0.25) is 0 Å². The Balaban J connectivity index is 1.42. The number of benzene rings is 1. The second-order valence-corrected chi connectivity index (χ2v) is 6.45. The Bertz CT molecular complexity index is 809. The molecule has 2 aliphatic carbocycles. The lowest BCUT2D eigenvalue weighted by Gasteiger charge is -2.10. The third kappa shape index (κ3) is 2.71. The van der Waals surface area contributed by atoms with Gasteiger partial charge in [-0.3, -0.25) is 5.32 Å². The van der Waals surface area contributed by atoms with Crippen molar-refractivity contribution in [1.82, 2.24) is 10.3 Å². The molecule has 1 fully saturated rings. The number of nitrogens with one attached hydrogen (secondary N) is 2. The minimum atomic E-state index is -0.234. The molecule has 0 aliphatic heterocycles. The Labute approximate surface area is 140 Å². The maximum Gasteiger partial charge on any atom is 0.320 e. The van der Waals surface area contributed by atoms with Gasteiger partial charge >= 0.3 is 6.03 Å². The van der Waals surface area contributed by atoms with E-state index in [-0.39, 0.29) is 12.1 Å². The first-order valence-electron chi connectivity index (χ1n) is 8.28. The molecule has 24 heavy (non-hydrogen) atoms. The average molecular weight is 318 g/mol. The molecular weight excluding hydrogens is 300 g/mol.